The van der Waals surface area contributed by atoms with E-state index in [0.717, 1.165) is 37.8 Å². The summed E-state index contributed by atoms with van der Waals surface area (Å²) in [5, 5.41) is 0. The fourth-order valence-corrected chi connectivity index (χ4v) is 0.867. The van der Waals surface area contributed by atoms with Gasteiger partial charge in [-0.3, -0.25) is 0 Å². The zero-order valence-corrected chi connectivity index (χ0v) is 10.0. The minimum absolute atomic E-state index is 0. The summed E-state index contributed by atoms with van der Waals surface area (Å²) in [6.07, 6.45) is 5.81. The van der Waals surface area contributed by atoms with Crippen LogP contribution in [0, 0.1) is 0 Å². The Balaban J connectivity index is 0. The predicted molar refractivity (Wildman–Crippen MR) is 72.2 cm³/mol. The average Bonchev–Trinajstić information content (AvgIpc) is 2.27. The third-order valence-electron chi connectivity index (χ3n) is 1.84. The normalized spacial score (nSPS) is 9.76. The summed E-state index contributed by atoms with van der Waals surface area (Å²) in [5.41, 5.74) is 0. The quantitative estimate of drug-likeness (QED) is 0.281. The van der Waals surface area contributed by atoms with Crippen LogP contribution in [-0.4, -0.2) is 49.1 Å². The van der Waals surface area contributed by atoms with Gasteiger partial charge in [-0.1, -0.05) is 26.7 Å². The van der Waals surface area contributed by atoms with Gasteiger partial charge in [0, 0.05) is 12.2 Å². The van der Waals surface area contributed by atoms with Gasteiger partial charge in [0.25, 0.3) is 0 Å². The number of ether oxygens (including phenoxy) is 2. The van der Waals surface area contributed by atoms with Crippen LogP contribution in [0.15, 0.2) is 12.2 Å². The molecule has 0 spiro atoms. The Hall–Kier alpha value is -0.521. The maximum atomic E-state index is 11.0. The molecule has 0 bridgehead atoms. The molecule has 0 aromatic rings. The molecule has 0 radical (unpaired) electrons. The molecule has 17 heavy (non-hydrogen) atoms. The van der Waals surface area contributed by atoms with Crippen LogP contribution in [0.2, 0.25) is 0 Å². The van der Waals surface area contributed by atoms with Crippen molar-refractivity contribution in [3.8, 4) is 0 Å². The van der Waals surface area contributed by atoms with Gasteiger partial charge < -0.3 is 9.47 Å². The summed E-state index contributed by atoms with van der Waals surface area (Å²) in [4.78, 5) is 22.1. The van der Waals surface area contributed by atoms with E-state index in [-0.39, 0.29) is 23.9 Å². The van der Waals surface area contributed by atoms with Crippen LogP contribution in [0.25, 0.3) is 0 Å². The minimum atomic E-state index is -0.499. The number of esters is 2. The molecule has 0 fully saturated rings. The molecule has 0 saturated heterocycles. The summed E-state index contributed by atoms with van der Waals surface area (Å²) in [6.45, 7) is 4.80. The molecular weight excluding hydrogens is 327 g/mol. The third kappa shape index (κ3) is 13.4. The Morgan fingerprint density at radius 2 is 1.24 bits per heavy atom. The van der Waals surface area contributed by atoms with Crippen molar-refractivity contribution in [1.29, 1.82) is 0 Å². The van der Waals surface area contributed by atoms with Gasteiger partial charge in [0.15, 0.2) is 0 Å². The fraction of sp³-hybridized carbons (Fsp3) is 0.667. The molecule has 0 aliphatic heterocycles. The standard InChI is InChI=1S/C12H20O4.Sn.4H/c1-3-5-9-15-11(13)7-8-12(14)16-10-6-4-2;;;;;/h7-8H,3-6,9-10H2,1-2H3;;;;;/b8-7+;;;;;. The number of carbonyl (C=O) groups excluding carboxylic acids is 2. The molecule has 0 N–H and O–H groups in total. The van der Waals surface area contributed by atoms with Crippen molar-refractivity contribution in [1.82, 2.24) is 0 Å². The molecular formula is C12H24O4Sn. The molecule has 0 saturated carbocycles. The number of hydrogen-bond donors (Lipinski definition) is 0. The van der Waals surface area contributed by atoms with Gasteiger partial charge in [-0.05, 0) is 12.8 Å². The van der Waals surface area contributed by atoms with E-state index in [1.54, 1.807) is 0 Å². The summed E-state index contributed by atoms with van der Waals surface area (Å²) in [7, 11) is 0. The van der Waals surface area contributed by atoms with Gasteiger partial charge in [-0.15, -0.1) is 0 Å². The van der Waals surface area contributed by atoms with Crippen molar-refractivity contribution in [2.45, 2.75) is 39.5 Å². The molecule has 0 rings (SSSR count). The topological polar surface area (TPSA) is 52.6 Å². The first-order valence-electron chi connectivity index (χ1n) is 5.72. The molecule has 0 aromatic carbocycles. The summed E-state index contributed by atoms with van der Waals surface area (Å²) in [6, 6.07) is 0. The first-order chi connectivity index (χ1) is 7.70. The molecule has 4 nitrogen and oxygen atoms in total. The second-order valence-corrected chi connectivity index (χ2v) is 3.38. The molecule has 5 heteroatoms. The maximum absolute atomic E-state index is 11.0. The molecule has 0 aliphatic carbocycles. The molecule has 0 heterocycles. The molecule has 0 atom stereocenters. The van der Waals surface area contributed by atoms with Crippen LogP contribution in [0.1, 0.15) is 39.5 Å². The van der Waals surface area contributed by atoms with Gasteiger partial charge in [0.1, 0.15) is 0 Å². The number of hydrogen-bond acceptors (Lipinski definition) is 4. The van der Waals surface area contributed by atoms with Crippen molar-refractivity contribution in [2.75, 3.05) is 13.2 Å². The van der Waals surface area contributed by atoms with E-state index in [1.807, 2.05) is 13.8 Å². The van der Waals surface area contributed by atoms with E-state index in [9.17, 15) is 9.59 Å². The Kier molecular flexibility index (Phi) is 15.0. The second kappa shape index (κ2) is 13.5. The van der Waals surface area contributed by atoms with Crippen molar-refractivity contribution in [3.63, 3.8) is 0 Å². The molecule has 100 valence electrons. The zero-order valence-electron chi connectivity index (χ0n) is 10.0. The van der Waals surface area contributed by atoms with Crippen LogP contribution in [0.4, 0.5) is 0 Å². The van der Waals surface area contributed by atoms with Crippen molar-refractivity contribution < 1.29 is 19.1 Å². The molecule has 0 amide bonds. The number of carbonyl (C=O) groups is 2. The van der Waals surface area contributed by atoms with E-state index in [1.165, 1.54) is 0 Å². The van der Waals surface area contributed by atoms with E-state index in [2.05, 4.69) is 0 Å². The Morgan fingerprint density at radius 3 is 1.53 bits per heavy atom. The van der Waals surface area contributed by atoms with E-state index >= 15 is 0 Å². The van der Waals surface area contributed by atoms with Gasteiger partial charge in [-0.25, -0.2) is 9.59 Å². The summed E-state index contributed by atoms with van der Waals surface area (Å²) in [5.74, 6) is -0.998. The van der Waals surface area contributed by atoms with E-state index in [4.69, 9.17) is 9.47 Å². The first-order valence-corrected chi connectivity index (χ1v) is 5.72. The van der Waals surface area contributed by atoms with Crippen molar-refractivity contribution in [3.05, 3.63) is 12.2 Å². The summed E-state index contributed by atoms with van der Waals surface area (Å²) < 4.78 is 9.65. The summed E-state index contributed by atoms with van der Waals surface area (Å²) >= 11 is 0. The van der Waals surface area contributed by atoms with Gasteiger partial charge >= 0.3 is 35.8 Å². The molecule has 0 aromatic heterocycles. The molecule has 0 unspecified atom stereocenters. The number of unbranched alkanes of at least 4 members (excludes halogenated alkanes) is 2. The Morgan fingerprint density at radius 1 is 0.882 bits per heavy atom. The fourth-order valence-electron chi connectivity index (χ4n) is 0.867. The monoisotopic (exact) mass is 352 g/mol. The van der Waals surface area contributed by atoms with Gasteiger partial charge in [0.05, 0.1) is 13.2 Å². The van der Waals surface area contributed by atoms with Gasteiger partial charge in [0.2, 0.25) is 0 Å². The third-order valence-corrected chi connectivity index (χ3v) is 1.84. The van der Waals surface area contributed by atoms with Crippen LogP contribution in [-0.2, 0) is 19.1 Å². The van der Waals surface area contributed by atoms with E-state index in [0.29, 0.717) is 13.2 Å². The zero-order chi connectivity index (χ0) is 12.2. The molecule has 0 aliphatic rings. The average molecular weight is 351 g/mol. The Bertz CT molecular complexity index is 215. The van der Waals surface area contributed by atoms with Crippen LogP contribution >= 0.6 is 0 Å². The van der Waals surface area contributed by atoms with Crippen molar-refractivity contribution >= 4 is 35.8 Å². The van der Waals surface area contributed by atoms with Crippen LogP contribution < -0.4 is 0 Å². The van der Waals surface area contributed by atoms with E-state index < -0.39 is 11.9 Å². The van der Waals surface area contributed by atoms with Gasteiger partial charge in [-0.2, -0.15) is 0 Å². The van der Waals surface area contributed by atoms with Crippen LogP contribution in [0.5, 0.6) is 0 Å². The van der Waals surface area contributed by atoms with Crippen molar-refractivity contribution in [2.24, 2.45) is 0 Å². The Labute approximate surface area is 120 Å². The first kappa shape index (κ1) is 18.8. The second-order valence-electron chi connectivity index (χ2n) is 3.38. The predicted octanol–water partition coefficient (Wildman–Crippen LogP) is 0.778. The number of rotatable bonds is 8. The SMILES string of the molecule is CCCCOC(=O)/C=C/C(=O)OCCCC.[SnH4]. The van der Waals surface area contributed by atoms with Crippen LogP contribution in [0.3, 0.4) is 0 Å².